The minimum Gasteiger partial charge on any atom is -0.481 e. The Hall–Kier alpha value is -1.42. The van der Waals surface area contributed by atoms with E-state index >= 15 is 0 Å². The maximum absolute atomic E-state index is 11.1. The first-order chi connectivity index (χ1) is 9.61. The smallest absolute Gasteiger partial charge is 0.303 e. The van der Waals surface area contributed by atoms with Gasteiger partial charge in [0, 0.05) is 5.56 Å². The highest BCUT2D eigenvalue weighted by molar-refractivity contribution is 6.32. The first-order valence-electron chi connectivity index (χ1n) is 6.94. The van der Waals surface area contributed by atoms with Crippen LogP contribution in [0.2, 0.25) is 5.02 Å². The first kappa shape index (κ1) is 13.6. The third-order valence-electron chi connectivity index (χ3n) is 4.07. The van der Waals surface area contributed by atoms with E-state index in [0.29, 0.717) is 22.4 Å². The molecule has 1 aromatic carbocycles. The molecule has 2 aliphatic rings. The Balaban J connectivity index is 2.07. The SMILES string of the molecule is CCc1c(C(CC(=O)O)C2CC2)cc(Cl)c2c1OCO2. The predicted molar refractivity (Wildman–Crippen MR) is 74.7 cm³/mol. The predicted octanol–water partition coefficient (Wildman–Crippen LogP) is 3.60. The van der Waals surface area contributed by atoms with Crippen molar-refractivity contribution >= 4 is 17.6 Å². The fourth-order valence-corrected chi connectivity index (χ4v) is 3.27. The average Bonchev–Trinajstić information content (AvgIpc) is 3.12. The van der Waals surface area contributed by atoms with Crippen molar-refractivity contribution in [1.29, 1.82) is 0 Å². The number of ether oxygens (including phenoxy) is 2. The van der Waals surface area contributed by atoms with Crippen LogP contribution in [-0.2, 0) is 11.2 Å². The van der Waals surface area contributed by atoms with E-state index in [9.17, 15) is 4.79 Å². The number of carboxylic acids is 1. The van der Waals surface area contributed by atoms with E-state index in [2.05, 4.69) is 0 Å². The minimum atomic E-state index is -0.766. The Labute approximate surface area is 122 Å². The summed E-state index contributed by atoms with van der Waals surface area (Å²) in [6.07, 6.45) is 3.11. The lowest BCUT2D eigenvalue weighted by Crippen LogP contribution is -2.11. The molecule has 1 heterocycles. The van der Waals surface area contributed by atoms with Gasteiger partial charge in [-0.25, -0.2) is 0 Å². The van der Waals surface area contributed by atoms with Crippen LogP contribution in [0.3, 0.4) is 0 Å². The van der Waals surface area contributed by atoms with Crippen LogP contribution in [0.4, 0.5) is 0 Å². The van der Waals surface area contributed by atoms with Gasteiger partial charge < -0.3 is 14.6 Å². The summed E-state index contributed by atoms with van der Waals surface area (Å²) in [6, 6.07) is 1.87. The van der Waals surface area contributed by atoms with E-state index in [0.717, 1.165) is 30.4 Å². The molecule has 5 heteroatoms. The summed E-state index contributed by atoms with van der Waals surface area (Å²) in [5.74, 6) is 1.00. The number of carboxylic acid groups (broad SMARTS) is 1. The van der Waals surface area contributed by atoms with Gasteiger partial charge in [-0.05, 0) is 42.7 Å². The Morgan fingerprint density at radius 1 is 1.45 bits per heavy atom. The number of hydrogen-bond donors (Lipinski definition) is 1. The van der Waals surface area contributed by atoms with Crippen LogP contribution < -0.4 is 9.47 Å². The molecule has 0 bridgehead atoms. The van der Waals surface area contributed by atoms with Gasteiger partial charge in [0.2, 0.25) is 6.79 Å². The van der Waals surface area contributed by atoms with Crippen LogP contribution in [0.1, 0.15) is 43.2 Å². The molecular formula is C15H17ClO4. The van der Waals surface area contributed by atoms with Crippen LogP contribution in [0, 0.1) is 5.92 Å². The van der Waals surface area contributed by atoms with Crippen LogP contribution in [0.25, 0.3) is 0 Å². The van der Waals surface area contributed by atoms with Crippen LogP contribution in [0.5, 0.6) is 11.5 Å². The quantitative estimate of drug-likeness (QED) is 0.902. The molecule has 0 aromatic heterocycles. The van der Waals surface area contributed by atoms with Gasteiger partial charge in [-0.2, -0.15) is 0 Å². The summed E-state index contributed by atoms with van der Waals surface area (Å²) in [5, 5.41) is 9.67. The maximum atomic E-state index is 11.1. The number of carbonyl (C=O) groups is 1. The number of aliphatic carboxylic acids is 1. The molecule has 0 radical (unpaired) electrons. The van der Waals surface area contributed by atoms with Gasteiger partial charge in [0.1, 0.15) is 0 Å². The zero-order valence-electron chi connectivity index (χ0n) is 11.3. The van der Waals surface area contributed by atoms with Gasteiger partial charge in [0.05, 0.1) is 11.4 Å². The van der Waals surface area contributed by atoms with E-state index in [4.69, 9.17) is 26.2 Å². The van der Waals surface area contributed by atoms with Crippen molar-refractivity contribution in [1.82, 2.24) is 0 Å². The highest BCUT2D eigenvalue weighted by Crippen LogP contribution is 2.51. The van der Waals surface area contributed by atoms with Crippen molar-refractivity contribution < 1.29 is 19.4 Å². The molecule has 108 valence electrons. The molecule has 1 saturated carbocycles. The van der Waals surface area contributed by atoms with Gasteiger partial charge in [-0.1, -0.05) is 18.5 Å². The van der Waals surface area contributed by atoms with Gasteiger partial charge in [0.15, 0.2) is 11.5 Å². The Bertz CT molecular complexity index is 551. The fraction of sp³-hybridized carbons (Fsp3) is 0.533. The highest BCUT2D eigenvalue weighted by Gasteiger charge is 2.37. The number of fused-ring (bicyclic) bond motifs is 1. The van der Waals surface area contributed by atoms with Crippen molar-refractivity contribution in [2.75, 3.05) is 6.79 Å². The van der Waals surface area contributed by atoms with Crippen molar-refractivity contribution in [3.05, 3.63) is 22.2 Å². The lowest BCUT2D eigenvalue weighted by atomic mass is 9.86. The van der Waals surface area contributed by atoms with E-state index in [1.54, 1.807) is 0 Å². The van der Waals surface area contributed by atoms with Gasteiger partial charge in [0.25, 0.3) is 0 Å². The molecule has 20 heavy (non-hydrogen) atoms. The first-order valence-corrected chi connectivity index (χ1v) is 7.32. The van der Waals surface area contributed by atoms with E-state index in [1.807, 2.05) is 13.0 Å². The fourth-order valence-electron chi connectivity index (χ4n) is 3.01. The highest BCUT2D eigenvalue weighted by atomic mass is 35.5. The summed E-state index contributed by atoms with van der Waals surface area (Å²) >= 11 is 6.26. The summed E-state index contributed by atoms with van der Waals surface area (Å²) in [7, 11) is 0. The van der Waals surface area contributed by atoms with E-state index < -0.39 is 5.97 Å². The number of halogens is 1. The molecule has 3 rings (SSSR count). The van der Waals surface area contributed by atoms with Gasteiger partial charge >= 0.3 is 5.97 Å². The number of rotatable bonds is 5. The molecule has 1 aromatic rings. The van der Waals surface area contributed by atoms with Crippen molar-refractivity contribution in [3.63, 3.8) is 0 Å². The van der Waals surface area contributed by atoms with Crippen molar-refractivity contribution in [2.24, 2.45) is 5.92 Å². The second kappa shape index (κ2) is 5.17. The molecular weight excluding hydrogens is 280 g/mol. The monoisotopic (exact) mass is 296 g/mol. The number of hydrogen-bond acceptors (Lipinski definition) is 3. The molecule has 4 nitrogen and oxygen atoms in total. The molecule has 1 fully saturated rings. The second-order valence-corrected chi connectivity index (χ2v) is 5.79. The lowest BCUT2D eigenvalue weighted by Gasteiger charge is -2.20. The minimum absolute atomic E-state index is 0.0226. The Kier molecular flexibility index (Phi) is 3.50. The molecule has 0 spiro atoms. The van der Waals surface area contributed by atoms with Crippen molar-refractivity contribution in [3.8, 4) is 11.5 Å². The average molecular weight is 297 g/mol. The van der Waals surface area contributed by atoms with Crippen LogP contribution in [0.15, 0.2) is 6.07 Å². The molecule has 1 atom stereocenters. The van der Waals surface area contributed by atoms with E-state index in [1.165, 1.54) is 0 Å². The molecule has 1 aliphatic carbocycles. The zero-order valence-corrected chi connectivity index (χ0v) is 12.1. The second-order valence-electron chi connectivity index (χ2n) is 5.39. The molecule has 0 amide bonds. The van der Waals surface area contributed by atoms with Crippen molar-refractivity contribution in [2.45, 2.75) is 38.5 Å². The molecule has 0 saturated heterocycles. The Morgan fingerprint density at radius 3 is 2.75 bits per heavy atom. The third kappa shape index (κ3) is 2.33. The van der Waals surface area contributed by atoms with Crippen LogP contribution >= 0.6 is 11.6 Å². The topological polar surface area (TPSA) is 55.8 Å². The third-order valence-corrected chi connectivity index (χ3v) is 4.35. The molecule has 1 aliphatic heterocycles. The van der Waals surface area contributed by atoms with E-state index in [-0.39, 0.29) is 19.1 Å². The largest absolute Gasteiger partial charge is 0.481 e. The number of benzene rings is 1. The summed E-state index contributed by atoms with van der Waals surface area (Å²) in [6.45, 7) is 2.22. The summed E-state index contributed by atoms with van der Waals surface area (Å²) in [5.41, 5.74) is 2.06. The van der Waals surface area contributed by atoms with Gasteiger partial charge in [-0.3, -0.25) is 4.79 Å². The van der Waals surface area contributed by atoms with Gasteiger partial charge in [-0.15, -0.1) is 0 Å². The Morgan fingerprint density at radius 2 is 2.15 bits per heavy atom. The normalized spacial score (nSPS) is 18.1. The summed E-state index contributed by atoms with van der Waals surface area (Å²) in [4.78, 5) is 11.1. The standard InChI is InChI=1S/C15H17ClO4/c1-2-9-11(10(6-13(17)18)8-3-4-8)5-12(16)15-14(9)19-7-20-15/h5,8,10H,2-4,6-7H2,1H3,(H,17,18). The lowest BCUT2D eigenvalue weighted by molar-refractivity contribution is -0.137. The maximum Gasteiger partial charge on any atom is 0.303 e. The molecule has 1 unspecified atom stereocenters. The van der Waals surface area contributed by atoms with Crippen LogP contribution in [-0.4, -0.2) is 17.9 Å². The summed E-state index contributed by atoms with van der Waals surface area (Å²) < 4.78 is 10.9. The molecule has 1 N–H and O–H groups in total. The zero-order chi connectivity index (χ0) is 14.3.